The SMILES string of the molecule is Cc1nc(SC(F)F)nc(C)c1CCC(=O)N1c2ccccc2CC[C@H]1C. The molecule has 7 heteroatoms. The predicted octanol–water partition coefficient (Wildman–Crippen LogP) is 4.71. The van der Waals surface area contributed by atoms with Gasteiger partial charge in [-0.15, -0.1) is 0 Å². The van der Waals surface area contributed by atoms with Crippen molar-refractivity contribution in [1.29, 1.82) is 0 Å². The van der Waals surface area contributed by atoms with E-state index in [1.54, 1.807) is 13.8 Å². The first-order chi connectivity index (χ1) is 12.9. The smallest absolute Gasteiger partial charge is 0.291 e. The molecule has 1 aromatic carbocycles. The molecule has 0 saturated carbocycles. The first kappa shape index (κ1) is 19.7. The molecule has 2 aromatic rings. The molecule has 1 aliphatic heterocycles. The van der Waals surface area contributed by atoms with Gasteiger partial charge in [0.15, 0.2) is 5.16 Å². The van der Waals surface area contributed by atoms with Crippen LogP contribution in [-0.4, -0.2) is 27.7 Å². The lowest BCUT2D eigenvalue weighted by Crippen LogP contribution is -2.42. The van der Waals surface area contributed by atoms with Crippen LogP contribution in [0.3, 0.4) is 0 Å². The molecule has 0 spiro atoms. The molecule has 0 unspecified atom stereocenters. The van der Waals surface area contributed by atoms with Crippen LogP contribution in [-0.2, 0) is 17.6 Å². The van der Waals surface area contributed by atoms with Crippen molar-refractivity contribution in [3.63, 3.8) is 0 Å². The number of benzene rings is 1. The molecule has 0 saturated heterocycles. The third-order valence-corrected chi connectivity index (χ3v) is 5.55. The molecule has 0 aliphatic carbocycles. The lowest BCUT2D eigenvalue weighted by molar-refractivity contribution is -0.119. The molecule has 144 valence electrons. The zero-order valence-corrected chi connectivity index (χ0v) is 16.5. The number of aryl methyl sites for hydroxylation is 3. The Balaban J connectivity index is 1.75. The van der Waals surface area contributed by atoms with E-state index in [0.29, 0.717) is 36.0 Å². The van der Waals surface area contributed by atoms with Crippen LogP contribution in [0.1, 0.15) is 42.3 Å². The van der Waals surface area contributed by atoms with Crippen LogP contribution < -0.4 is 4.90 Å². The lowest BCUT2D eigenvalue weighted by atomic mass is 9.95. The lowest BCUT2D eigenvalue weighted by Gasteiger charge is -2.35. The van der Waals surface area contributed by atoms with Crippen LogP contribution in [0, 0.1) is 13.8 Å². The molecule has 4 nitrogen and oxygen atoms in total. The predicted molar refractivity (Wildman–Crippen MR) is 103 cm³/mol. The fourth-order valence-corrected chi connectivity index (χ4v) is 4.16. The maximum Gasteiger partial charge on any atom is 0.291 e. The van der Waals surface area contributed by atoms with E-state index in [1.807, 2.05) is 23.1 Å². The molecule has 1 aromatic heterocycles. The van der Waals surface area contributed by atoms with E-state index in [-0.39, 0.29) is 17.1 Å². The van der Waals surface area contributed by atoms with Crippen molar-refractivity contribution < 1.29 is 13.6 Å². The second kappa shape index (κ2) is 8.33. The number of halogens is 2. The average Bonchev–Trinajstić information content (AvgIpc) is 2.60. The molecule has 1 atom stereocenters. The van der Waals surface area contributed by atoms with Gasteiger partial charge in [0.25, 0.3) is 5.76 Å². The van der Waals surface area contributed by atoms with Gasteiger partial charge in [0.05, 0.1) is 0 Å². The van der Waals surface area contributed by atoms with Gasteiger partial charge in [0.2, 0.25) is 5.91 Å². The summed E-state index contributed by atoms with van der Waals surface area (Å²) in [4.78, 5) is 23.2. The van der Waals surface area contributed by atoms with Crippen LogP contribution in [0.2, 0.25) is 0 Å². The quantitative estimate of drug-likeness (QED) is 0.547. The van der Waals surface area contributed by atoms with E-state index in [0.717, 1.165) is 24.1 Å². The third-order valence-electron chi connectivity index (χ3n) is 4.98. The van der Waals surface area contributed by atoms with Gasteiger partial charge in [0, 0.05) is 29.5 Å². The van der Waals surface area contributed by atoms with Gasteiger partial charge >= 0.3 is 0 Å². The number of fused-ring (bicyclic) bond motifs is 1. The minimum absolute atomic E-state index is 0.0690. The van der Waals surface area contributed by atoms with Crippen molar-refractivity contribution in [3.05, 3.63) is 46.8 Å². The maximum absolute atomic E-state index is 13.0. The summed E-state index contributed by atoms with van der Waals surface area (Å²) in [6, 6.07) is 8.19. The van der Waals surface area contributed by atoms with Crippen molar-refractivity contribution >= 4 is 23.4 Å². The number of thioether (sulfide) groups is 1. The third kappa shape index (κ3) is 4.46. The fourth-order valence-electron chi connectivity index (χ4n) is 3.62. The Morgan fingerprint density at radius 3 is 2.59 bits per heavy atom. The standard InChI is InChI=1S/C20H23F2N3OS/c1-12-8-9-15-6-4-5-7-17(15)25(12)18(26)11-10-16-13(2)23-20(24-14(16)3)27-19(21)22/h4-7,12,19H,8-11H2,1-3H3/t12-/m1/s1. The highest BCUT2D eigenvalue weighted by atomic mass is 32.2. The van der Waals surface area contributed by atoms with Crippen molar-refractivity contribution in [2.75, 3.05) is 4.90 Å². The molecule has 3 rings (SSSR count). The van der Waals surface area contributed by atoms with Crippen molar-refractivity contribution in [2.45, 2.75) is 63.4 Å². The Morgan fingerprint density at radius 1 is 1.26 bits per heavy atom. The number of hydrogen-bond acceptors (Lipinski definition) is 4. The largest absolute Gasteiger partial charge is 0.309 e. The van der Waals surface area contributed by atoms with Crippen molar-refractivity contribution in [2.24, 2.45) is 0 Å². The number of hydrogen-bond donors (Lipinski definition) is 0. The minimum atomic E-state index is -2.54. The number of nitrogens with zero attached hydrogens (tertiary/aromatic N) is 3. The Morgan fingerprint density at radius 2 is 1.93 bits per heavy atom. The summed E-state index contributed by atoms with van der Waals surface area (Å²) in [6.07, 6.45) is 2.77. The number of anilines is 1. The number of para-hydroxylation sites is 1. The normalized spacial score (nSPS) is 16.5. The average molecular weight is 391 g/mol. The molecule has 0 bridgehead atoms. The van der Waals surface area contributed by atoms with Crippen LogP contribution in [0.4, 0.5) is 14.5 Å². The van der Waals surface area contributed by atoms with Crippen LogP contribution in [0.5, 0.6) is 0 Å². The summed E-state index contributed by atoms with van der Waals surface area (Å²) >= 11 is 0.344. The second-order valence-electron chi connectivity index (χ2n) is 6.81. The molecule has 0 fully saturated rings. The summed E-state index contributed by atoms with van der Waals surface area (Å²) in [6.45, 7) is 5.63. The number of alkyl halides is 2. The summed E-state index contributed by atoms with van der Waals surface area (Å²) < 4.78 is 25.1. The summed E-state index contributed by atoms with van der Waals surface area (Å²) in [5.74, 6) is -2.48. The van der Waals surface area contributed by atoms with E-state index >= 15 is 0 Å². The Labute approximate surface area is 162 Å². The Kier molecular flexibility index (Phi) is 6.09. The maximum atomic E-state index is 13.0. The van der Waals surface area contributed by atoms with Gasteiger partial charge in [0.1, 0.15) is 0 Å². The second-order valence-corrected chi connectivity index (χ2v) is 7.77. The molecule has 1 amide bonds. The highest BCUT2D eigenvalue weighted by molar-refractivity contribution is 7.99. The number of carbonyl (C=O) groups is 1. The van der Waals surface area contributed by atoms with Crippen molar-refractivity contribution in [3.8, 4) is 0 Å². The topological polar surface area (TPSA) is 46.1 Å². The van der Waals surface area contributed by atoms with Gasteiger partial charge in [-0.25, -0.2) is 9.97 Å². The molecule has 0 N–H and O–H groups in total. The molecule has 27 heavy (non-hydrogen) atoms. The van der Waals surface area contributed by atoms with Gasteiger partial charge in [-0.1, -0.05) is 18.2 Å². The Bertz CT molecular complexity index is 821. The van der Waals surface area contributed by atoms with E-state index in [1.165, 1.54) is 5.56 Å². The number of carbonyl (C=O) groups excluding carboxylic acids is 1. The minimum Gasteiger partial charge on any atom is -0.309 e. The zero-order valence-electron chi connectivity index (χ0n) is 15.7. The first-order valence-electron chi connectivity index (χ1n) is 9.05. The fraction of sp³-hybridized carbons (Fsp3) is 0.450. The highest BCUT2D eigenvalue weighted by Crippen LogP contribution is 2.31. The van der Waals surface area contributed by atoms with Gasteiger partial charge in [-0.05, 0) is 69.0 Å². The number of amides is 1. The summed E-state index contributed by atoms with van der Waals surface area (Å²) in [7, 11) is 0. The molecule has 1 aliphatic rings. The molecular formula is C20H23F2N3OS. The molecular weight excluding hydrogens is 368 g/mol. The van der Waals surface area contributed by atoms with E-state index < -0.39 is 5.76 Å². The van der Waals surface area contributed by atoms with Gasteiger partial charge < -0.3 is 4.90 Å². The molecule has 0 radical (unpaired) electrons. The van der Waals surface area contributed by atoms with Crippen LogP contribution in [0.15, 0.2) is 29.4 Å². The number of rotatable bonds is 5. The van der Waals surface area contributed by atoms with E-state index in [9.17, 15) is 13.6 Å². The molecule has 2 heterocycles. The van der Waals surface area contributed by atoms with E-state index in [2.05, 4.69) is 23.0 Å². The number of aromatic nitrogens is 2. The summed E-state index contributed by atoms with van der Waals surface area (Å²) in [5.41, 5.74) is 4.37. The first-order valence-corrected chi connectivity index (χ1v) is 9.93. The summed E-state index contributed by atoms with van der Waals surface area (Å²) in [5, 5.41) is 0.0775. The van der Waals surface area contributed by atoms with Crippen LogP contribution in [0.25, 0.3) is 0 Å². The van der Waals surface area contributed by atoms with Gasteiger partial charge in [-0.3, -0.25) is 4.79 Å². The van der Waals surface area contributed by atoms with Crippen molar-refractivity contribution in [1.82, 2.24) is 9.97 Å². The van der Waals surface area contributed by atoms with Crippen LogP contribution >= 0.6 is 11.8 Å². The Hall–Kier alpha value is -2.02. The van der Waals surface area contributed by atoms with Gasteiger partial charge in [-0.2, -0.15) is 8.78 Å². The highest BCUT2D eigenvalue weighted by Gasteiger charge is 2.27. The van der Waals surface area contributed by atoms with E-state index in [4.69, 9.17) is 0 Å². The monoisotopic (exact) mass is 391 g/mol. The zero-order chi connectivity index (χ0) is 19.6.